The molecule has 192 valence electrons. The van der Waals surface area contributed by atoms with Crippen LogP contribution in [0.1, 0.15) is 33.3 Å². The van der Waals surface area contributed by atoms with E-state index in [0.29, 0.717) is 10.2 Å². The zero-order valence-electron chi connectivity index (χ0n) is 19.9. The van der Waals surface area contributed by atoms with Gasteiger partial charge in [-0.3, -0.25) is 5.32 Å². The Morgan fingerprint density at radius 3 is 2.47 bits per heavy atom. The van der Waals surface area contributed by atoms with Crippen LogP contribution in [0, 0.1) is 11.6 Å². The molecule has 4 N–H and O–H groups in total. The van der Waals surface area contributed by atoms with E-state index in [4.69, 9.17) is 9.47 Å². The molecule has 0 unspecified atom stereocenters. The first-order chi connectivity index (χ1) is 16.9. The van der Waals surface area contributed by atoms with Gasteiger partial charge in [0, 0.05) is 6.54 Å². The van der Waals surface area contributed by atoms with E-state index in [1.54, 1.807) is 33.8 Å². The molecular formula is C23H25F2N5O6. The average molecular weight is 505 g/mol. The monoisotopic (exact) mass is 505 g/mol. The first-order valence-electron chi connectivity index (χ1n) is 10.8. The van der Waals surface area contributed by atoms with E-state index in [1.165, 1.54) is 24.3 Å². The third-order valence-electron chi connectivity index (χ3n) is 4.54. The Balaban J connectivity index is 1.99. The zero-order valence-corrected chi connectivity index (χ0v) is 19.9. The van der Waals surface area contributed by atoms with Crippen LogP contribution in [0.15, 0.2) is 30.3 Å². The van der Waals surface area contributed by atoms with Crippen LogP contribution in [0.5, 0.6) is 5.75 Å². The van der Waals surface area contributed by atoms with Crippen LogP contribution in [-0.4, -0.2) is 45.3 Å². The van der Waals surface area contributed by atoms with Crippen molar-refractivity contribution in [1.82, 2.24) is 15.1 Å². The molecule has 0 aliphatic rings. The molecule has 1 heterocycles. The molecule has 1 aromatic heterocycles. The van der Waals surface area contributed by atoms with Crippen LogP contribution in [0.2, 0.25) is 0 Å². The summed E-state index contributed by atoms with van der Waals surface area (Å²) in [5.74, 6) is -2.34. The van der Waals surface area contributed by atoms with Gasteiger partial charge in [0.1, 0.15) is 16.9 Å². The highest BCUT2D eigenvalue weighted by Gasteiger charge is 2.27. The molecule has 0 saturated heterocycles. The van der Waals surface area contributed by atoms with Crippen LogP contribution in [0.3, 0.4) is 0 Å². The van der Waals surface area contributed by atoms with Crippen molar-refractivity contribution < 1.29 is 37.7 Å². The van der Waals surface area contributed by atoms with Gasteiger partial charge < -0.3 is 25.2 Å². The van der Waals surface area contributed by atoms with Gasteiger partial charge in [-0.1, -0.05) is 12.1 Å². The fourth-order valence-corrected chi connectivity index (χ4v) is 3.22. The minimum Gasteiger partial charge on any atom is -0.489 e. The standard InChI is InChI=1S/C23H25F2N5O6/c1-5-35-18-15(27-20(31)26-11-12-7-6-8-13(24)9-12)10-14-17(16(18)25)30(22(33)34)29-19(14)28-21(32)36-23(2,3)4/h6-10H,5,11H2,1-4H3,(H,33,34)(H2,26,27,31)(H,28,29,32). The SMILES string of the molecule is CCOc1c(NC(=O)NCc2cccc(F)c2)cc2c(NC(=O)OC(C)(C)C)nn(C(=O)O)c2c1F. The number of nitrogens with one attached hydrogen (secondary N) is 3. The normalized spacial score (nSPS) is 11.2. The Morgan fingerprint density at radius 2 is 1.86 bits per heavy atom. The van der Waals surface area contributed by atoms with Gasteiger partial charge in [-0.05, 0) is 51.5 Å². The molecular weight excluding hydrogens is 480 g/mol. The van der Waals surface area contributed by atoms with Gasteiger partial charge >= 0.3 is 18.2 Å². The second-order valence-corrected chi connectivity index (χ2v) is 8.50. The number of rotatable bonds is 6. The van der Waals surface area contributed by atoms with E-state index in [0.717, 1.165) is 0 Å². The van der Waals surface area contributed by atoms with Gasteiger partial charge in [0.15, 0.2) is 17.4 Å². The molecule has 13 heteroatoms. The molecule has 0 spiro atoms. The van der Waals surface area contributed by atoms with Crippen molar-refractivity contribution >= 4 is 40.6 Å². The summed E-state index contributed by atoms with van der Waals surface area (Å²) in [4.78, 5) is 36.5. The largest absolute Gasteiger partial charge is 0.489 e. The minimum atomic E-state index is -1.62. The summed E-state index contributed by atoms with van der Waals surface area (Å²) in [7, 11) is 0. The van der Waals surface area contributed by atoms with Crippen LogP contribution in [0.25, 0.3) is 10.9 Å². The van der Waals surface area contributed by atoms with Gasteiger partial charge in [0.2, 0.25) is 0 Å². The van der Waals surface area contributed by atoms with Gasteiger partial charge in [0.05, 0.1) is 17.7 Å². The minimum absolute atomic E-state index is 0.00770. The fraction of sp³-hybridized carbons (Fsp3) is 0.304. The van der Waals surface area contributed by atoms with Crippen molar-refractivity contribution in [1.29, 1.82) is 0 Å². The molecule has 3 aromatic rings. The molecule has 0 atom stereocenters. The highest BCUT2D eigenvalue weighted by Crippen LogP contribution is 2.38. The molecule has 11 nitrogen and oxygen atoms in total. The Kier molecular flexibility index (Phi) is 7.61. The number of carbonyl (C=O) groups excluding carboxylic acids is 2. The molecule has 0 aliphatic carbocycles. The quantitative estimate of drug-likeness (QED) is 0.373. The second-order valence-electron chi connectivity index (χ2n) is 8.50. The number of halogens is 2. The number of carbonyl (C=O) groups is 3. The first kappa shape index (κ1) is 26.2. The summed E-state index contributed by atoms with van der Waals surface area (Å²) in [6, 6.07) is 6.04. The van der Waals surface area contributed by atoms with Gasteiger partial charge in [-0.2, -0.15) is 4.68 Å². The topological polar surface area (TPSA) is 144 Å². The number of anilines is 2. The molecule has 0 saturated carbocycles. The summed E-state index contributed by atoms with van der Waals surface area (Å²) in [6.45, 7) is 6.41. The number of amides is 3. The summed E-state index contributed by atoms with van der Waals surface area (Å²) < 4.78 is 39.7. The number of ether oxygens (including phenoxy) is 2. The van der Waals surface area contributed by atoms with Crippen molar-refractivity contribution in [2.24, 2.45) is 0 Å². The van der Waals surface area contributed by atoms with Crippen LogP contribution in [0.4, 0.5) is 34.7 Å². The Hall–Kier alpha value is -4.42. The Labute approximate surface area is 204 Å². The van der Waals surface area contributed by atoms with E-state index in [2.05, 4.69) is 21.0 Å². The second kappa shape index (κ2) is 10.5. The van der Waals surface area contributed by atoms with Crippen LogP contribution < -0.4 is 20.7 Å². The lowest BCUT2D eigenvalue weighted by molar-refractivity contribution is 0.0635. The van der Waals surface area contributed by atoms with Crippen molar-refractivity contribution in [2.75, 3.05) is 17.2 Å². The fourth-order valence-electron chi connectivity index (χ4n) is 3.22. The first-order valence-corrected chi connectivity index (χ1v) is 10.8. The Bertz CT molecular complexity index is 1320. The molecule has 3 amide bonds. The number of carboxylic acid groups (broad SMARTS) is 1. The van der Waals surface area contributed by atoms with Crippen molar-refractivity contribution in [3.05, 3.63) is 47.5 Å². The highest BCUT2D eigenvalue weighted by molar-refractivity contribution is 6.04. The third-order valence-corrected chi connectivity index (χ3v) is 4.54. The third kappa shape index (κ3) is 6.17. The number of hydrogen-bond acceptors (Lipinski definition) is 6. The van der Waals surface area contributed by atoms with Gasteiger partial charge in [-0.25, -0.2) is 23.2 Å². The van der Waals surface area contributed by atoms with Crippen LogP contribution >= 0.6 is 0 Å². The maximum atomic E-state index is 15.5. The van der Waals surface area contributed by atoms with E-state index >= 15 is 4.39 Å². The number of benzene rings is 2. The lowest BCUT2D eigenvalue weighted by atomic mass is 10.2. The van der Waals surface area contributed by atoms with E-state index in [1.807, 2.05) is 0 Å². The zero-order chi connectivity index (χ0) is 26.6. The van der Waals surface area contributed by atoms with Crippen LogP contribution in [-0.2, 0) is 11.3 Å². The summed E-state index contributed by atoms with van der Waals surface area (Å²) >= 11 is 0. The van der Waals surface area contributed by atoms with E-state index in [-0.39, 0.29) is 30.0 Å². The lowest BCUT2D eigenvalue weighted by Gasteiger charge is -2.19. The molecule has 36 heavy (non-hydrogen) atoms. The molecule has 3 rings (SSSR count). The van der Waals surface area contributed by atoms with Crippen molar-refractivity contribution in [2.45, 2.75) is 39.8 Å². The average Bonchev–Trinajstić information content (AvgIpc) is 3.12. The van der Waals surface area contributed by atoms with Gasteiger partial charge in [-0.15, -0.1) is 5.10 Å². The molecule has 0 bridgehead atoms. The van der Waals surface area contributed by atoms with Gasteiger partial charge in [0.25, 0.3) is 0 Å². The maximum absolute atomic E-state index is 15.5. The smallest absolute Gasteiger partial charge is 0.432 e. The highest BCUT2D eigenvalue weighted by atomic mass is 19.1. The number of nitrogens with zero attached hydrogens (tertiary/aromatic N) is 2. The summed E-state index contributed by atoms with van der Waals surface area (Å²) in [5, 5.41) is 20.4. The number of aromatic nitrogens is 2. The maximum Gasteiger partial charge on any atom is 0.432 e. The number of hydrogen-bond donors (Lipinski definition) is 4. The van der Waals surface area contributed by atoms with Crippen molar-refractivity contribution in [3.8, 4) is 5.75 Å². The van der Waals surface area contributed by atoms with Crippen molar-refractivity contribution in [3.63, 3.8) is 0 Å². The number of urea groups is 1. The predicted octanol–water partition coefficient (Wildman–Crippen LogP) is 4.91. The summed E-state index contributed by atoms with van der Waals surface area (Å²) in [5.41, 5.74) is -1.03. The van der Waals surface area contributed by atoms with E-state index in [9.17, 15) is 23.9 Å². The number of fused-ring (bicyclic) bond motifs is 1. The molecule has 2 aromatic carbocycles. The molecule has 0 fully saturated rings. The summed E-state index contributed by atoms with van der Waals surface area (Å²) in [6.07, 6.45) is -2.57. The van der Waals surface area contributed by atoms with E-state index < -0.39 is 46.7 Å². The lowest BCUT2D eigenvalue weighted by Crippen LogP contribution is -2.28. The molecule has 0 aliphatic heterocycles. The molecule has 0 radical (unpaired) electrons. The Morgan fingerprint density at radius 1 is 1.14 bits per heavy atom. The predicted molar refractivity (Wildman–Crippen MR) is 126 cm³/mol.